The van der Waals surface area contributed by atoms with E-state index < -0.39 is 11.3 Å². The fourth-order valence-electron chi connectivity index (χ4n) is 1.54. The smallest absolute Gasteiger partial charge is 0.231 e. The second-order valence-electron chi connectivity index (χ2n) is 4.80. The molecule has 2 unspecified atom stereocenters. The Morgan fingerprint density at radius 2 is 2.00 bits per heavy atom. The van der Waals surface area contributed by atoms with Crippen LogP contribution in [0.25, 0.3) is 0 Å². The van der Waals surface area contributed by atoms with Crippen LogP contribution >= 0.6 is 0 Å². The molecule has 0 heterocycles. The summed E-state index contributed by atoms with van der Waals surface area (Å²) in [4.78, 5) is 0. The Morgan fingerprint density at radius 1 is 1.46 bits per heavy atom. The van der Waals surface area contributed by atoms with Crippen molar-refractivity contribution in [3.8, 4) is 0 Å². The SMILES string of the molecule is CC(CCNS(=O)O)CC(C)(C)C. The van der Waals surface area contributed by atoms with E-state index in [2.05, 4.69) is 32.4 Å². The monoisotopic (exact) mass is 207 g/mol. The van der Waals surface area contributed by atoms with Gasteiger partial charge in [0.25, 0.3) is 0 Å². The minimum Gasteiger partial charge on any atom is -0.294 e. The van der Waals surface area contributed by atoms with Gasteiger partial charge in [0.15, 0.2) is 0 Å². The van der Waals surface area contributed by atoms with Crippen molar-refractivity contribution in [3.63, 3.8) is 0 Å². The van der Waals surface area contributed by atoms with E-state index in [4.69, 9.17) is 4.55 Å². The summed E-state index contributed by atoms with van der Waals surface area (Å²) in [5.74, 6) is 0.594. The highest BCUT2D eigenvalue weighted by molar-refractivity contribution is 7.77. The van der Waals surface area contributed by atoms with Crippen molar-refractivity contribution in [1.29, 1.82) is 0 Å². The maximum absolute atomic E-state index is 10.3. The molecule has 0 fully saturated rings. The zero-order valence-electron chi connectivity index (χ0n) is 8.96. The Morgan fingerprint density at radius 3 is 2.38 bits per heavy atom. The lowest BCUT2D eigenvalue weighted by Crippen LogP contribution is -2.21. The molecule has 2 atom stereocenters. The number of hydrogen-bond acceptors (Lipinski definition) is 1. The van der Waals surface area contributed by atoms with E-state index in [0.717, 1.165) is 12.8 Å². The van der Waals surface area contributed by atoms with Crippen LogP contribution in [0.1, 0.15) is 40.5 Å². The first kappa shape index (κ1) is 13.1. The summed E-state index contributed by atoms with van der Waals surface area (Å²) in [6.45, 7) is 9.41. The maximum atomic E-state index is 10.3. The molecular formula is C9H21NO2S. The molecule has 0 radical (unpaired) electrons. The summed E-state index contributed by atoms with van der Waals surface area (Å²) < 4.78 is 21.2. The van der Waals surface area contributed by atoms with Crippen LogP contribution in [0, 0.1) is 11.3 Å². The Hall–Kier alpha value is 0.0700. The van der Waals surface area contributed by atoms with Crippen molar-refractivity contribution in [2.24, 2.45) is 11.3 Å². The van der Waals surface area contributed by atoms with E-state index in [1.807, 2.05) is 0 Å². The quantitative estimate of drug-likeness (QED) is 0.679. The lowest BCUT2D eigenvalue weighted by atomic mass is 9.84. The van der Waals surface area contributed by atoms with Crippen LogP contribution in [0.3, 0.4) is 0 Å². The van der Waals surface area contributed by atoms with Gasteiger partial charge in [-0.15, -0.1) is 0 Å². The number of hydrogen-bond donors (Lipinski definition) is 2. The third kappa shape index (κ3) is 9.99. The molecule has 0 aliphatic heterocycles. The van der Waals surface area contributed by atoms with Crippen LogP contribution in [0.15, 0.2) is 0 Å². The van der Waals surface area contributed by atoms with Gasteiger partial charge in [-0.3, -0.25) is 4.55 Å². The standard InChI is InChI=1S/C9H21NO2S/c1-8(7-9(2,3)4)5-6-10-13(11)12/h8,10H,5-7H2,1-4H3,(H,11,12). The first-order chi connectivity index (χ1) is 5.81. The first-order valence-electron chi connectivity index (χ1n) is 4.65. The van der Waals surface area contributed by atoms with Crippen LogP contribution in [0.5, 0.6) is 0 Å². The van der Waals surface area contributed by atoms with Gasteiger partial charge in [0, 0.05) is 6.54 Å². The molecule has 13 heavy (non-hydrogen) atoms. The van der Waals surface area contributed by atoms with E-state index in [9.17, 15) is 4.21 Å². The molecule has 0 aliphatic carbocycles. The average molecular weight is 207 g/mol. The molecule has 2 N–H and O–H groups in total. The summed E-state index contributed by atoms with van der Waals surface area (Å²) in [6.07, 6.45) is 2.09. The van der Waals surface area contributed by atoms with Gasteiger partial charge in [-0.1, -0.05) is 27.7 Å². The van der Waals surface area contributed by atoms with Crippen LogP contribution < -0.4 is 4.72 Å². The van der Waals surface area contributed by atoms with Gasteiger partial charge in [0.2, 0.25) is 11.3 Å². The van der Waals surface area contributed by atoms with Gasteiger partial charge >= 0.3 is 0 Å². The van der Waals surface area contributed by atoms with Gasteiger partial charge in [-0.05, 0) is 24.2 Å². The third-order valence-electron chi connectivity index (χ3n) is 1.82. The second-order valence-corrected chi connectivity index (χ2v) is 5.59. The molecule has 4 heteroatoms. The largest absolute Gasteiger partial charge is 0.294 e. The molecule has 0 saturated carbocycles. The van der Waals surface area contributed by atoms with Crippen LogP contribution in [0.4, 0.5) is 0 Å². The van der Waals surface area contributed by atoms with Crippen molar-refractivity contribution in [3.05, 3.63) is 0 Å². The zero-order chi connectivity index (χ0) is 10.5. The highest BCUT2D eigenvalue weighted by Gasteiger charge is 2.14. The second kappa shape index (κ2) is 5.73. The lowest BCUT2D eigenvalue weighted by molar-refractivity contribution is 0.297. The topological polar surface area (TPSA) is 49.3 Å². The summed E-state index contributed by atoms with van der Waals surface area (Å²) in [5.41, 5.74) is 0.345. The van der Waals surface area contributed by atoms with E-state index in [1.165, 1.54) is 0 Å². The molecule has 0 aromatic carbocycles. The van der Waals surface area contributed by atoms with Crippen LogP contribution in [0.2, 0.25) is 0 Å². The summed E-state index contributed by atoms with van der Waals surface area (Å²) in [5, 5.41) is 0. The summed E-state index contributed by atoms with van der Waals surface area (Å²) in [6, 6.07) is 0. The molecule has 0 amide bonds. The molecule has 0 spiro atoms. The Labute approximate surface area is 83.7 Å². The van der Waals surface area contributed by atoms with Crippen molar-refractivity contribution < 1.29 is 8.76 Å². The van der Waals surface area contributed by atoms with E-state index in [-0.39, 0.29) is 0 Å². The molecule has 0 aromatic rings. The molecule has 0 aromatic heterocycles. The van der Waals surface area contributed by atoms with Gasteiger partial charge < -0.3 is 0 Å². The minimum absolute atomic E-state index is 0.345. The highest BCUT2D eigenvalue weighted by Crippen LogP contribution is 2.25. The predicted molar refractivity (Wildman–Crippen MR) is 56.6 cm³/mol. The van der Waals surface area contributed by atoms with E-state index in [0.29, 0.717) is 17.9 Å². The number of rotatable bonds is 5. The molecule has 0 rings (SSSR count). The van der Waals surface area contributed by atoms with Crippen molar-refractivity contribution in [1.82, 2.24) is 4.72 Å². The van der Waals surface area contributed by atoms with E-state index in [1.54, 1.807) is 0 Å². The van der Waals surface area contributed by atoms with Gasteiger partial charge in [0.05, 0.1) is 0 Å². The fourth-order valence-corrected chi connectivity index (χ4v) is 1.83. The molecule has 3 nitrogen and oxygen atoms in total. The van der Waals surface area contributed by atoms with E-state index >= 15 is 0 Å². The predicted octanol–water partition coefficient (Wildman–Crippen LogP) is 2.18. The lowest BCUT2D eigenvalue weighted by Gasteiger charge is -2.22. The molecule has 80 valence electrons. The van der Waals surface area contributed by atoms with Gasteiger partial charge in [-0.25, -0.2) is 8.93 Å². The third-order valence-corrected chi connectivity index (χ3v) is 2.27. The van der Waals surface area contributed by atoms with Crippen LogP contribution in [-0.4, -0.2) is 15.3 Å². The molecule has 0 bridgehead atoms. The Bertz CT molecular complexity index is 165. The summed E-state index contributed by atoms with van der Waals surface area (Å²) in [7, 11) is 0. The van der Waals surface area contributed by atoms with Gasteiger partial charge in [-0.2, -0.15) is 0 Å². The Kier molecular flexibility index (Phi) is 5.76. The van der Waals surface area contributed by atoms with Crippen LogP contribution in [-0.2, 0) is 11.3 Å². The van der Waals surface area contributed by atoms with Crippen molar-refractivity contribution in [2.75, 3.05) is 6.54 Å². The van der Waals surface area contributed by atoms with Gasteiger partial charge in [0.1, 0.15) is 0 Å². The normalized spacial score (nSPS) is 17.0. The molecular weight excluding hydrogens is 186 g/mol. The average Bonchev–Trinajstić information content (AvgIpc) is 1.81. The fraction of sp³-hybridized carbons (Fsp3) is 1.00. The summed E-state index contributed by atoms with van der Waals surface area (Å²) >= 11 is -1.86. The first-order valence-corrected chi connectivity index (χ1v) is 5.76. The Balaban J connectivity index is 3.52. The molecule has 0 saturated heterocycles. The minimum atomic E-state index is -1.86. The number of nitrogens with one attached hydrogen (secondary N) is 1. The molecule has 0 aliphatic rings. The maximum Gasteiger partial charge on any atom is 0.231 e. The van der Waals surface area contributed by atoms with Crippen molar-refractivity contribution in [2.45, 2.75) is 40.5 Å². The van der Waals surface area contributed by atoms with Crippen molar-refractivity contribution >= 4 is 11.3 Å². The highest BCUT2D eigenvalue weighted by atomic mass is 32.2. The zero-order valence-corrected chi connectivity index (χ0v) is 9.78.